The molecule has 2 fully saturated rings. The summed E-state index contributed by atoms with van der Waals surface area (Å²) in [5.41, 5.74) is 0.359. The summed E-state index contributed by atoms with van der Waals surface area (Å²) in [6.07, 6.45) is 3.75. The van der Waals surface area contributed by atoms with Crippen LogP contribution >= 0.6 is 0 Å². The largest absolute Gasteiger partial charge is 0.490 e. The standard InChI is InChI=1S/C34H41N5O9S/c1-34(2,3)48-32(41)35-26-20-49(43,44)28-14-11-22(29-36-37-30(47-29)23-15-16-38(19-23)33(42)45-4)17-27(28)39(31(26)40)18-21-9-12-25(13-10-21)46-24-7-5-6-8-24/h9-14,17,23-24,26H,5-8,15-16,18-20H2,1-4H3,(H,35,41)/t23?,26-/m0/s1. The monoisotopic (exact) mass is 695 g/mol. The number of anilines is 1. The Kier molecular flexibility index (Phi) is 9.56. The summed E-state index contributed by atoms with van der Waals surface area (Å²) >= 11 is 0. The molecule has 2 aromatic carbocycles. The number of nitrogens with zero attached hydrogens (tertiary/aromatic N) is 4. The number of nitrogens with one attached hydrogen (secondary N) is 1. The Hall–Kier alpha value is -4.66. The van der Waals surface area contributed by atoms with E-state index in [0.717, 1.165) is 37.0 Å². The van der Waals surface area contributed by atoms with Gasteiger partial charge in [-0.15, -0.1) is 10.2 Å². The first-order valence-corrected chi connectivity index (χ1v) is 18.0. The molecule has 1 saturated carbocycles. The van der Waals surface area contributed by atoms with Gasteiger partial charge >= 0.3 is 12.2 Å². The molecule has 1 aromatic heterocycles. The third kappa shape index (κ3) is 7.82. The molecule has 2 aliphatic heterocycles. The molecule has 1 saturated heterocycles. The molecule has 3 heterocycles. The maximum Gasteiger partial charge on any atom is 0.409 e. The van der Waals surface area contributed by atoms with Crippen LogP contribution < -0.4 is 15.0 Å². The van der Waals surface area contributed by atoms with Crippen molar-refractivity contribution in [3.63, 3.8) is 0 Å². The molecule has 1 aliphatic carbocycles. The molecule has 3 aromatic rings. The summed E-state index contributed by atoms with van der Waals surface area (Å²) in [6, 6.07) is 10.4. The highest BCUT2D eigenvalue weighted by Crippen LogP contribution is 2.37. The third-order valence-electron chi connectivity index (χ3n) is 8.75. The molecule has 6 rings (SSSR count). The van der Waals surface area contributed by atoms with Crippen LogP contribution in [0.1, 0.15) is 70.2 Å². The molecular weight excluding hydrogens is 654 g/mol. The second-order valence-corrected chi connectivity index (χ2v) is 15.6. The summed E-state index contributed by atoms with van der Waals surface area (Å²) < 4.78 is 49.9. The molecule has 14 nitrogen and oxygen atoms in total. The van der Waals surface area contributed by atoms with Crippen LogP contribution in [0.15, 0.2) is 51.8 Å². The van der Waals surface area contributed by atoms with Gasteiger partial charge < -0.3 is 33.7 Å². The van der Waals surface area contributed by atoms with E-state index >= 15 is 0 Å². The molecule has 0 bridgehead atoms. The van der Waals surface area contributed by atoms with Crippen LogP contribution in [0.4, 0.5) is 15.3 Å². The summed E-state index contributed by atoms with van der Waals surface area (Å²) in [7, 11) is -2.76. The lowest BCUT2D eigenvalue weighted by molar-refractivity contribution is -0.120. The molecule has 49 heavy (non-hydrogen) atoms. The van der Waals surface area contributed by atoms with Crippen LogP contribution in [0.2, 0.25) is 0 Å². The van der Waals surface area contributed by atoms with E-state index in [4.69, 9.17) is 18.6 Å². The van der Waals surface area contributed by atoms with E-state index in [1.165, 1.54) is 24.1 Å². The van der Waals surface area contributed by atoms with E-state index in [0.29, 0.717) is 31.0 Å². The third-order valence-corrected chi connectivity index (χ3v) is 10.5. The second-order valence-electron chi connectivity index (χ2n) is 13.6. The van der Waals surface area contributed by atoms with Crippen molar-refractivity contribution in [1.29, 1.82) is 0 Å². The number of carbonyl (C=O) groups excluding carboxylic acids is 3. The summed E-state index contributed by atoms with van der Waals surface area (Å²) in [5.74, 6) is -0.308. The summed E-state index contributed by atoms with van der Waals surface area (Å²) in [4.78, 5) is 41.8. The number of fused-ring (bicyclic) bond motifs is 1. The van der Waals surface area contributed by atoms with Gasteiger partial charge in [0.05, 0.1) is 42.0 Å². The Morgan fingerprint density at radius 1 is 1.04 bits per heavy atom. The van der Waals surface area contributed by atoms with Crippen molar-refractivity contribution < 1.29 is 41.4 Å². The minimum absolute atomic E-state index is 0.00152. The molecular formula is C34H41N5O9S. The fourth-order valence-corrected chi connectivity index (χ4v) is 7.96. The quantitative estimate of drug-likeness (QED) is 0.359. The normalized spacial score (nSPS) is 20.9. The van der Waals surface area contributed by atoms with E-state index in [2.05, 4.69) is 15.5 Å². The van der Waals surface area contributed by atoms with Crippen LogP contribution in [-0.2, 0) is 30.7 Å². The topological polar surface area (TPSA) is 170 Å². The molecule has 262 valence electrons. The Morgan fingerprint density at radius 3 is 2.47 bits per heavy atom. The van der Waals surface area contributed by atoms with Crippen molar-refractivity contribution in [1.82, 2.24) is 20.4 Å². The molecule has 2 atom stereocenters. The van der Waals surface area contributed by atoms with E-state index in [9.17, 15) is 22.8 Å². The van der Waals surface area contributed by atoms with Gasteiger partial charge in [-0.25, -0.2) is 18.0 Å². The molecule has 3 aliphatic rings. The Bertz CT molecular complexity index is 1810. The zero-order valence-corrected chi connectivity index (χ0v) is 28.8. The number of rotatable bonds is 7. The Balaban J connectivity index is 1.32. The van der Waals surface area contributed by atoms with E-state index < -0.39 is 45.3 Å². The maximum absolute atomic E-state index is 14.2. The van der Waals surface area contributed by atoms with Crippen molar-refractivity contribution in [3.8, 4) is 17.2 Å². The first-order chi connectivity index (χ1) is 23.3. The smallest absolute Gasteiger partial charge is 0.409 e. The number of methoxy groups -OCH3 is 1. The number of hydrogen-bond acceptors (Lipinski definition) is 11. The van der Waals surface area contributed by atoms with Gasteiger partial charge in [-0.05, 0) is 88.8 Å². The van der Waals surface area contributed by atoms with Gasteiger partial charge in [-0.1, -0.05) is 12.1 Å². The second kappa shape index (κ2) is 13.7. The summed E-state index contributed by atoms with van der Waals surface area (Å²) in [5, 5.41) is 10.9. The number of amides is 3. The number of hydrogen-bond donors (Lipinski definition) is 1. The van der Waals surface area contributed by atoms with Crippen molar-refractivity contribution in [2.45, 2.75) is 88.0 Å². The predicted octanol–water partition coefficient (Wildman–Crippen LogP) is 4.83. The first kappa shape index (κ1) is 34.2. The lowest BCUT2D eigenvalue weighted by Gasteiger charge is -2.27. The zero-order chi connectivity index (χ0) is 34.9. The lowest BCUT2D eigenvalue weighted by atomic mass is 10.1. The minimum Gasteiger partial charge on any atom is -0.490 e. The number of carbonyl (C=O) groups is 3. The maximum atomic E-state index is 14.2. The van der Waals surface area contributed by atoms with Gasteiger partial charge in [0.2, 0.25) is 11.8 Å². The molecule has 0 spiro atoms. The van der Waals surface area contributed by atoms with Crippen LogP contribution in [0.25, 0.3) is 11.5 Å². The van der Waals surface area contributed by atoms with Crippen LogP contribution in [-0.4, -0.2) is 85.3 Å². The van der Waals surface area contributed by atoms with Crippen LogP contribution in [0.5, 0.6) is 5.75 Å². The fourth-order valence-electron chi connectivity index (χ4n) is 6.36. The van der Waals surface area contributed by atoms with Crippen molar-refractivity contribution >= 4 is 33.6 Å². The van der Waals surface area contributed by atoms with Gasteiger partial charge in [0.1, 0.15) is 17.4 Å². The number of benzene rings is 2. The number of sulfone groups is 1. The molecule has 0 radical (unpaired) electrons. The SMILES string of the molecule is COC(=O)N1CCC(c2nnc(-c3ccc4c(c3)N(Cc3ccc(OC5CCCC5)cc3)C(=O)[C@@H](NC(=O)OC(C)(C)C)CS4(=O)=O)o2)C1. The van der Waals surface area contributed by atoms with E-state index in [1.807, 2.05) is 24.3 Å². The fraction of sp³-hybridized carbons (Fsp3) is 0.500. The van der Waals surface area contributed by atoms with Crippen molar-refractivity contribution in [2.75, 3.05) is 30.9 Å². The van der Waals surface area contributed by atoms with Crippen molar-refractivity contribution in [3.05, 3.63) is 53.9 Å². The highest BCUT2D eigenvalue weighted by atomic mass is 32.2. The molecule has 3 amide bonds. The van der Waals surface area contributed by atoms with Gasteiger partial charge in [0, 0.05) is 18.7 Å². The number of likely N-dealkylation sites (tertiary alicyclic amines) is 1. The Labute approximate surface area is 285 Å². The number of alkyl carbamates (subject to hydrolysis) is 1. The minimum atomic E-state index is -4.09. The lowest BCUT2D eigenvalue weighted by Crippen LogP contribution is -2.51. The van der Waals surface area contributed by atoms with Gasteiger partial charge in [0.15, 0.2) is 9.84 Å². The Morgan fingerprint density at radius 2 is 1.78 bits per heavy atom. The average molecular weight is 696 g/mol. The van der Waals surface area contributed by atoms with Crippen LogP contribution in [0, 0.1) is 0 Å². The highest BCUT2D eigenvalue weighted by Gasteiger charge is 2.40. The summed E-state index contributed by atoms with van der Waals surface area (Å²) in [6.45, 7) is 5.86. The van der Waals surface area contributed by atoms with Crippen LogP contribution in [0.3, 0.4) is 0 Å². The van der Waals surface area contributed by atoms with E-state index in [-0.39, 0.29) is 35.0 Å². The molecule has 1 unspecified atom stereocenters. The zero-order valence-electron chi connectivity index (χ0n) is 28.0. The average Bonchev–Trinajstić information content (AvgIpc) is 3.84. The predicted molar refractivity (Wildman–Crippen MR) is 177 cm³/mol. The number of ether oxygens (including phenoxy) is 3. The first-order valence-electron chi connectivity index (χ1n) is 16.4. The highest BCUT2D eigenvalue weighted by molar-refractivity contribution is 7.91. The van der Waals surface area contributed by atoms with Crippen molar-refractivity contribution in [2.24, 2.45) is 0 Å². The van der Waals surface area contributed by atoms with Gasteiger partial charge in [-0.3, -0.25) is 4.79 Å². The molecule has 15 heteroatoms. The van der Waals surface area contributed by atoms with Gasteiger partial charge in [0.25, 0.3) is 5.91 Å². The molecule has 1 N–H and O–H groups in total. The van der Waals surface area contributed by atoms with E-state index in [1.54, 1.807) is 31.7 Å². The number of aromatic nitrogens is 2. The van der Waals surface area contributed by atoms with Gasteiger partial charge in [-0.2, -0.15) is 0 Å².